The van der Waals surface area contributed by atoms with Crippen LogP contribution in [0.5, 0.6) is 0 Å². The summed E-state index contributed by atoms with van der Waals surface area (Å²) in [7, 11) is 0. The van der Waals surface area contributed by atoms with Gasteiger partial charge in [0.05, 0.1) is 10.6 Å². The van der Waals surface area contributed by atoms with Gasteiger partial charge in [-0.05, 0) is 40.2 Å². The maximum atomic E-state index is 12.3. The fourth-order valence-electron chi connectivity index (χ4n) is 2.07. The third-order valence-corrected chi connectivity index (χ3v) is 4.83. The summed E-state index contributed by atoms with van der Waals surface area (Å²) in [5.41, 5.74) is 1.39. The van der Waals surface area contributed by atoms with E-state index in [-0.39, 0.29) is 5.78 Å². The highest BCUT2D eigenvalue weighted by molar-refractivity contribution is 9.10. The minimum Gasteiger partial charge on any atom is -0.288 e. The van der Waals surface area contributed by atoms with Crippen LogP contribution in [0, 0.1) is 0 Å². The Balaban J connectivity index is 1.97. The van der Waals surface area contributed by atoms with Crippen LogP contribution in [0.25, 0.3) is 0 Å². The van der Waals surface area contributed by atoms with Gasteiger partial charge in [0, 0.05) is 21.1 Å². The molecule has 0 aromatic heterocycles. The third-order valence-electron chi connectivity index (χ3n) is 3.08. The second-order valence-corrected chi connectivity index (χ2v) is 6.32. The van der Waals surface area contributed by atoms with Crippen LogP contribution in [0.4, 0.5) is 5.69 Å². The molecule has 0 spiro atoms. The summed E-state index contributed by atoms with van der Waals surface area (Å²) in [5, 5.41) is 0. The number of halogens is 1. The van der Waals surface area contributed by atoms with Crippen molar-refractivity contribution in [2.24, 2.45) is 0 Å². The first-order chi connectivity index (χ1) is 10.2. The van der Waals surface area contributed by atoms with Gasteiger partial charge in [-0.1, -0.05) is 36.0 Å². The predicted octanol–water partition coefficient (Wildman–Crippen LogP) is 4.24. The van der Waals surface area contributed by atoms with Crippen molar-refractivity contribution in [2.45, 2.75) is 4.90 Å². The number of allylic oxidation sites excluding steroid dienone is 1. The molecular weight excluding hydrogens is 350 g/mol. The molecule has 1 heterocycles. The van der Waals surface area contributed by atoms with E-state index in [4.69, 9.17) is 0 Å². The maximum absolute atomic E-state index is 12.3. The van der Waals surface area contributed by atoms with Crippen molar-refractivity contribution >= 4 is 45.6 Å². The fourth-order valence-corrected chi connectivity index (χ4v) is 3.58. The molecule has 0 unspecified atom stereocenters. The van der Waals surface area contributed by atoms with Gasteiger partial charge < -0.3 is 0 Å². The quantitative estimate of drug-likeness (QED) is 0.607. The Morgan fingerprint density at radius 2 is 1.76 bits per heavy atom. The molecule has 1 aliphatic heterocycles. The molecule has 3 nitrogen and oxygen atoms in total. The lowest BCUT2D eigenvalue weighted by Crippen LogP contribution is -2.15. The number of fused-ring (bicyclic) bond motifs is 1. The average Bonchev–Trinajstić information content (AvgIpc) is 2.82. The van der Waals surface area contributed by atoms with Crippen LogP contribution >= 0.6 is 27.7 Å². The zero-order chi connectivity index (χ0) is 14.8. The van der Waals surface area contributed by atoms with Crippen LogP contribution in [0.2, 0.25) is 0 Å². The van der Waals surface area contributed by atoms with E-state index in [2.05, 4.69) is 15.9 Å². The first kappa shape index (κ1) is 14.1. The molecule has 21 heavy (non-hydrogen) atoms. The van der Waals surface area contributed by atoms with E-state index in [1.807, 2.05) is 42.5 Å². The van der Waals surface area contributed by atoms with Gasteiger partial charge in [-0.15, -0.1) is 0 Å². The lowest BCUT2D eigenvalue weighted by Gasteiger charge is -2.14. The van der Waals surface area contributed by atoms with Gasteiger partial charge in [0.1, 0.15) is 0 Å². The molecular formula is C16H10BrNO2S. The molecule has 2 aromatic carbocycles. The highest BCUT2D eigenvalue weighted by Gasteiger charge is 2.26. The molecule has 0 atom stereocenters. The van der Waals surface area contributed by atoms with Crippen LogP contribution in [-0.2, 0) is 4.79 Å². The molecule has 0 saturated heterocycles. The van der Waals surface area contributed by atoms with Gasteiger partial charge in [-0.2, -0.15) is 0 Å². The zero-order valence-electron chi connectivity index (χ0n) is 10.8. The number of nitrogens with zero attached hydrogens (tertiary/aromatic N) is 1. The summed E-state index contributed by atoms with van der Waals surface area (Å²) in [5.74, 6) is -0.0468. The number of carbonyl (C=O) groups excluding carboxylic acids is 2. The molecule has 0 bridgehead atoms. The summed E-state index contributed by atoms with van der Waals surface area (Å²) >= 11 is 4.79. The van der Waals surface area contributed by atoms with Crippen LogP contribution < -0.4 is 4.90 Å². The molecule has 2 aromatic rings. The number of carbonyl (C=O) groups is 2. The number of thioether (sulfide) groups is 1. The summed E-state index contributed by atoms with van der Waals surface area (Å²) in [6.07, 6.45) is 2.28. The van der Waals surface area contributed by atoms with Crippen molar-refractivity contribution in [3.05, 3.63) is 69.7 Å². The molecule has 104 valence electrons. The number of ketones is 1. The van der Waals surface area contributed by atoms with E-state index in [1.165, 1.54) is 16.7 Å². The van der Waals surface area contributed by atoms with Crippen LogP contribution in [-0.4, -0.2) is 12.2 Å². The SMILES string of the molecule is O=CN(C=C1Sc2ccccc2C1=O)c1ccccc1Br. The number of amides is 1. The van der Waals surface area contributed by atoms with Crippen molar-refractivity contribution in [3.8, 4) is 0 Å². The van der Waals surface area contributed by atoms with Crippen molar-refractivity contribution in [1.82, 2.24) is 0 Å². The summed E-state index contributed by atoms with van der Waals surface area (Å²) < 4.78 is 0.793. The second kappa shape index (κ2) is 5.87. The number of Topliss-reactive ketones (excluding diaryl/α,β-unsaturated/α-hetero) is 1. The third kappa shape index (κ3) is 2.66. The molecule has 3 rings (SSSR count). The Kier molecular flexibility index (Phi) is 3.94. The second-order valence-electron chi connectivity index (χ2n) is 4.38. The van der Waals surface area contributed by atoms with Crippen molar-refractivity contribution < 1.29 is 9.59 Å². The van der Waals surface area contributed by atoms with Gasteiger partial charge in [-0.3, -0.25) is 14.5 Å². The van der Waals surface area contributed by atoms with Gasteiger partial charge in [0.25, 0.3) is 0 Å². The number of benzene rings is 2. The van der Waals surface area contributed by atoms with Gasteiger partial charge >= 0.3 is 0 Å². The van der Waals surface area contributed by atoms with E-state index >= 15 is 0 Å². The van der Waals surface area contributed by atoms with Crippen LogP contribution in [0.3, 0.4) is 0 Å². The highest BCUT2D eigenvalue weighted by Crippen LogP contribution is 2.40. The van der Waals surface area contributed by atoms with E-state index < -0.39 is 0 Å². The van der Waals surface area contributed by atoms with Crippen LogP contribution in [0.15, 0.2) is 69.0 Å². The van der Waals surface area contributed by atoms with Gasteiger partial charge in [0.15, 0.2) is 0 Å². The Labute approximate surface area is 134 Å². The molecule has 0 radical (unpaired) electrons. The number of rotatable bonds is 3. The Morgan fingerprint density at radius 3 is 2.48 bits per heavy atom. The lowest BCUT2D eigenvalue weighted by atomic mass is 10.1. The minimum absolute atomic E-state index is 0.0468. The first-order valence-corrected chi connectivity index (χ1v) is 7.83. The first-order valence-electron chi connectivity index (χ1n) is 6.22. The van der Waals surface area contributed by atoms with Gasteiger partial charge in [0.2, 0.25) is 12.2 Å². The lowest BCUT2D eigenvalue weighted by molar-refractivity contribution is -0.106. The van der Waals surface area contributed by atoms with Gasteiger partial charge in [-0.25, -0.2) is 0 Å². The highest BCUT2D eigenvalue weighted by atomic mass is 79.9. The van der Waals surface area contributed by atoms with Crippen molar-refractivity contribution in [2.75, 3.05) is 4.90 Å². The monoisotopic (exact) mass is 359 g/mol. The molecule has 0 fully saturated rings. The molecule has 5 heteroatoms. The number of anilines is 1. The standard InChI is InChI=1S/C16H10BrNO2S/c17-12-6-2-3-7-13(12)18(10-19)9-15-16(20)11-5-1-4-8-14(11)21-15/h1-10H. The predicted molar refractivity (Wildman–Crippen MR) is 87.4 cm³/mol. The Bertz CT molecular complexity index is 757. The number of hydrogen-bond donors (Lipinski definition) is 0. The van der Waals surface area contributed by atoms with Crippen LogP contribution in [0.1, 0.15) is 10.4 Å². The molecule has 1 aliphatic rings. The number of para-hydroxylation sites is 1. The largest absolute Gasteiger partial charge is 0.288 e. The molecule has 0 aliphatic carbocycles. The van der Waals surface area contributed by atoms with E-state index in [0.29, 0.717) is 22.6 Å². The zero-order valence-corrected chi connectivity index (χ0v) is 13.2. The van der Waals surface area contributed by atoms with Crippen molar-refractivity contribution in [1.29, 1.82) is 0 Å². The Morgan fingerprint density at radius 1 is 1.05 bits per heavy atom. The summed E-state index contributed by atoms with van der Waals surface area (Å²) in [6.45, 7) is 0. The van der Waals surface area contributed by atoms with E-state index in [9.17, 15) is 9.59 Å². The topological polar surface area (TPSA) is 37.4 Å². The minimum atomic E-state index is -0.0468. The number of hydrogen-bond acceptors (Lipinski definition) is 3. The van der Waals surface area contributed by atoms with Crippen molar-refractivity contribution in [3.63, 3.8) is 0 Å². The summed E-state index contributed by atoms with van der Waals surface area (Å²) in [4.78, 5) is 26.6. The average molecular weight is 360 g/mol. The smallest absolute Gasteiger partial charge is 0.218 e. The molecule has 0 N–H and O–H groups in total. The normalized spacial score (nSPS) is 15.1. The fraction of sp³-hybridized carbons (Fsp3) is 0. The Hall–Kier alpha value is -1.85. The van der Waals surface area contributed by atoms with E-state index in [1.54, 1.807) is 12.3 Å². The maximum Gasteiger partial charge on any atom is 0.218 e. The molecule has 0 saturated carbocycles. The summed E-state index contributed by atoms with van der Waals surface area (Å²) in [6, 6.07) is 14.8. The molecule has 1 amide bonds. The van der Waals surface area contributed by atoms with E-state index in [0.717, 1.165) is 9.37 Å².